The van der Waals surface area contributed by atoms with Gasteiger partial charge in [-0.15, -0.1) is 0 Å². The summed E-state index contributed by atoms with van der Waals surface area (Å²) < 4.78 is 139. The van der Waals surface area contributed by atoms with Gasteiger partial charge in [-0.3, -0.25) is 0 Å². The summed E-state index contributed by atoms with van der Waals surface area (Å²) in [5.74, 6) is -10.5. The summed E-state index contributed by atoms with van der Waals surface area (Å²) in [6.45, 7) is 3.14. The van der Waals surface area contributed by atoms with E-state index >= 15 is 22.0 Å². The number of unbranched alkanes of at least 4 members (excludes halogenated alkanes) is 2. The lowest BCUT2D eigenvalue weighted by Crippen LogP contribution is -2.58. The Balaban J connectivity index is 1.20. The van der Waals surface area contributed by atoms with Crippen molar-refractivity contribution in [2.75, 3.05) is 19.8 Å². The van der Waals surface area contributed by atoms with Gasteiger partial charge in [0.1, 0.15) is 34.6 Å². The molecule has 4 aromatic rings. The number of hydrogen-bond acceptors (Lipinski definition) is 4. The lowest BCUT2D eigenvalue weighted by molar-refractivity contribution is -0.480. The number of ether oxygens (including phenoxy) is 4. The van der Waals surface area contributed by atoms with E-state index in [0.717, 1.165) is 56.0 Å². The molecule has 3 aliphatic heterocycles. The van der Waals surface area contributed by atoms with Crippen LogP contribution in [0.1, 0.15) is 43.7 Å². The molecule has 4 nitrogen and oxygen atoms in total. The van der Waals surface area contributed by atoms with Crippen molar-refractivity contribution < 1.29 is 54.1 Å². The molecular weight excluding hydrogens is 636 g/mol. The third-order valence-corrected chi connectivity index (χ3v) is 8.40. The third-order valence-electron chi connectivity index (χ3n) is 8.40. The molecule has 0 spiro atoms. The van der Waals surface area contributed by atoms with Crippen molar-refractivity contribution in [2.24, 2.45) is 5.41 Å². The Kier molecular flexibility index (Phi) is 8.79. The van der Waals surface area contributed by atoms with E-state index in [0.29, 0.717) is 44.1 Å². The minimum atomic E-state index is -4.63. The molecule has 3 aliphatic rings. The van der Waals surface area contributed by atoms with Gasteiger partial charge in [0, 0.05) is 28.2 Å². The smallest absolute Gasteiger partial charge is 0.429 e. The summed E-state index contributed by atoms with van der Waals surface area (Å²) in [6, 6.07) is 9.57. The van der Waals surface area contributed by atoms with Crippen LogP contribution in [0.4, 0.5) is 35.1 Å². The highest BCUT2D eigenvalue weighted by Crippen LogP contribution is 2.47. The van der Waals surface area contributed by atoms with Crippen molar-refractivity contribution in [1.82, 2.24) is 0 Å². The van der Waals surface area contributed by atoms with E-state index in [1.165, 1.54) is 12.1 Å². The number of alkyl halides is 2. The van der Waals surface area contributed by atoms with Crippen LogP contribution in [0.25, 0.3) is 22.3 Å². The average molecular weight is 665 g/mol. The van der Waals surface area contributed by atoms with Crippen LogP contribution >= 0.6 is 0 Å². The fourth-order valence-corrected chi connectivity index (χ4v) is 5.81. The highest BCUT2D eigenvalue weighted by Gasteiger charge is 2.53. The van der Waals surface area contributed by atoms with Gasteiger partial charge >= 0.3 is 12.1 Å². The van der Waals surface area contributed by atoms with Crippen molar-refractivity contribution >= 4 is 0 Å². The van der Waals surface area contributed by atoms with Crippen molar-refractivity contribution in [3.63, 3.8) is 0 Å². The first-order valence-electron chi connectivity index (χ1n) is 14.9. The molecule has 2 bridgehead atoms. The molecular formula is C35H28F8O4. The summed E-state index contributed by atoms with van der Waals surface area (Å²) >= 11 is 0. The normalized spacial score (nSPS) is 20.9. The Morgan fingerprint density at radius 2 is 1.23 bits per heavy atom. The topological polar surface area (TPSA) is 36.9 Å². The molecule has 0 N–H and O–H groups in total. The highest BCUT2D eigenvalue weighted by atomic mass is 19.3. The van der Waals surface area contributed by atoms with Crippen LogP contribution in [0.2, 0.25) is 0 Å². The zero-order valence-corrected chi connectivity index (χ0v) is 25.0. The van der Waals surface area contributed by atoms with Crippen LogP contribution in [-0.4, -0.2) is 19.8 Å². The summed E-state index contributed by atoms with van der Waals surface area (Å²) in [5.41, 5.74) is -2.93. The maximum absolute atomic E-state index is 15.4. The van der Waals surface area contributed by atoms with Gasteiger partial charge in [-0.05, 0) is 60.0 Å². The largest absolute Gasteiger partial charge is 0.432 e. The zero-order chi connectivity index (χ0) is 33.6. The molecule has 3 fully saturated rings. The van der Waals surface area contributed by atoms with Crippen molar-refractivity contribution in [3.8, 4) is 28.0 Å². The quantitative estimate of drug-likeness (QED) is 0.125. The van der Waals surface area contributed by atoms with E-state index in [4.69, 9.17) is 14.2 Å². The number of benzene rings is 4. The van der Waals surface area contributed by atoms with E-state index in [2.05, 4.69) is 11.7 Å². The summed E-state index contributed by atoms with van der Waals surface area (Å²) in [4.78, 5) is 0. The van der Waals surface area contributed by atoms with Gasteiger partial charge in [0.15, 0.2) is 11.6 Å². The van der Waals surface area contributed by atoms with Gasteiger partial charge < -0.3 is 18.9 Å². The van der Waals surface area contributed by atoms with Gasteiger partial charge in [-0.25, -0.2) is 26.3 Å². The van der Waals surface area contributed by atoms with E-state index in [1.54, 1.807) is 0 Å². The van der Waals surface area contributed by atoms with Gasteiger partial charge in [-0.2, -0.15) is 8.78 Å². The van der Waals surface area contributed by atoms with Crippen LogP contribution < -0.4 is 4.74 Å². The molecule has 248 valence electrons. The van der Waals surface area contributed by atoms with Crippen molar-refractivity contribution in [2.45, 2.75) is 44.7 Å². The second kappa shape index (κ2) is 12.6. The van der Waals surface area contributed by atoms with Gasteiger partial charge in [0.25, 0.3) is 0 Å². The number of rotatable bonds is 10. The average Bonchev–Trinajstić information content (AvgIpc) is 3.03. The van der Waals surface area contributed by atoms with E-state index in [1.807, 2.05) is 0 Å². The van der Waals surface area contributed by atoms with Gasteiger partial charge in [0.2, 0.25) is 0 Å². The molecule has 0 radical (unpaired) electrons. The fraction of sp³-hybridized carbons (Fsp3) is 0.314. The molecule has 0 saturated carbocycles. The Bertz CT molecular complexity index is 1760. The second-order valence-electron chi connectivity index (χ2n) is 11.8. The molecule has 3 saturated heterocycles. The molecule has 4 aromatic carbocycles. The van der Waals surface area contributed by atoms with E-state index in [9.17, 15) is 13.2 Å². The van der Waals surface area contributed by atoms with E-state index in [-0.39, 0.29) is 33.2 Å². The summed E-state index contributed by atoms with van der Waals surface area (Å²) in [6.07, 6.45) is -0.679. The fourth-order valence-electron chi connectivity index (χ4n) is 5.81. The van der Waals surface area contributed by atoms with Gasteiger partial charge in [0.05, 0.1) is 19.8 Å². The molecule has 3 heterocycles. The van der Waals surface area contributed by atoms with Crippen molar-refractivity contribution in [1.29, 1.82) is 0 Å². The first-order valence-corrected chi connectivity index (χ1v) is 14.9. The summed E-state index contributed by atoms with van der Waals surface area (Å²) in [5, 5.41) is 0. The lowest BCUT2D eigenvalue weighted by atomic mass is 9.82. The standard InChI is InChI=1S/C35H28F8O4/c1-2-3-4-11-33-17-44-35(45-18-33,46-19-33)22-6-8-25(27(37)15-22)21-13-30(40)32(31(41)14-21)34(42,43)47-23-7-9-24(28(38)16-23)20-5-10-26(36)29(39)12-20/h5-10,12-16H,2-4,11,17-19H2,1H3. The number of halogens is 8. The molecule has 7 rings (SSSR count). The maximum atomic E-state index is 15.4. The number of hydrogen-bond donors (Lipinski definition) is 0. The predicted molar refractivity (Wildman–Crippen MR) is 154 cm³/mol. The molecule has 0 aliphatic carbocycles. The monoisotopic (exact) mass is 664 g/mol. The zero-order valence-electron chi connectivity index (χ0n) is 25.0. The lowest BCUT2D eigenvalue weighted by Gasteiger charge is -2.52. The first kappa shape index (κ1) is 32.9. The minimum absolute atomic E-state index is 0.0859. The Labute approximate surface area is 264 Å². The molecule has 0 aromatic heterocycles. The summed E-state index contributed by atoms with van der Waals surface area (Å²) in [7, 11) is 0. The molecule has 47 heavy (non-hydrogen) atoms. The molecule has 12 heteroatoms. The SMILES string of the molecule is CCCCCC12COC(c3ccc(-c4cc(F)c(C(F)(F)Oc5ccc(-c6ccc(F)c(F)c6)c(F)c5)c(F)c4)c(F)c3)(OC1)OC2. The molecule has 0 atom stereocenters. The maximum Gasteiger partial charge on any atom is 0.432 e. The van der Waals surface area contributed by atoms with Crippen molar-refractivity contribution in [3.05, 3.63) is 113 Å². The second-order valence-corrected chi connectivity index (χ2v) is 11.8. The minimum Gasteiger partial charge on any atom is -0.429 e. The van der Waals surface area contributed by atoms with Crippen LogP contribution in [0.5, 0.6) is 5.75 Å². The third kappa shape index (κ3) is 6.33. The number of fused-ring (bicyclic) bond motifs is 3. The van der Waals surface area contributed by atoms with Crippen LogP contribution in [-0.2, 0) is 26.3 Å². The molecule has 0 amide bonds. The Morgan fingerprint density at radius 1 is 0.638 bits per heavy atom. The van der Waals surface area contributed by atoms with Crippen LogP contribution in [0.15, 0.2) is 66.7 Å². The molecule has 0 unspecified atom stereocenters. The Morgan fingerprint density at radius 3 is 1.83 bits per heavy atom. The van der Waals surface area contributed by atoms with Crippen LogP contribution in [0.3, 0.4) is 0 Å². The first-order chi connectivity index (χ1) is 22.4. The van der Waals surface area contributed by atoms with Crippen LogP contribution in [0, 0.1) is 40.3 Å². The van der Waals surface area contributed by atoms with E-state index < -0.39 is 58.3 Å². The van der Waals surface area contributed by atoms with Gasteiger partial charge in [-0.1, -0.05) is 44.4 Å². The predicted octanol–water partition coefficient (Wildman–Crippen LogP) is 9.74. The highest BCUT2D eigenvalue weighted by molar-refractivity contribution is 5.66. The Hall–Kier alpha value is -4.00.